The van der Waals surface area contributed by atoms with Crippen molar-refractivity contribution in [3.05, 3.63) is 51.8 Å². The number of aromatic nitrogens is 3. The molecule has 0 saturated carbocycles. The summed E-state index contributed by atoms with van der Waals surface area (Å²) in [5.41, 5.74) is 2.46. The maximum absolute atomic E-state index is 6.25. The van der Waals surface area contributed by atoms with Crippen LogP contribution in [-0.4, -0.2) is 14.5 Å². The molecule has 0 aliphatic carbocycles. The highest BCUT2D eigenvalue weighted by Crippen LogP contribution is 2.29. The van der Waals surface area contributed by atoms with Gasteiger partial charge in [0.25, 0.3) is 0 Å². The molecule has 0 bridgehead atoms. The van der Waals surface area contributed by atoms with Gasteiger partial charge in [-0.15, -0.1) is 11.6 Å². The minimum absolute atomic E-state index is 0.234. The second-order valence-electron chi connectivity index (χ2n) is 4.40. The second-order valence-corrected chi connectivity index (χ2v) is 6.40. The first-order valence-electron chi connectivity index (χ1n) is 6.00. The smallest absolute Gasteiger partial charge is 0.164 e. The number of imidazole rings is 1. The average Bonchev–Trinajstić information content (AvgIpc) is 2.77. The van der Waals surface area contributed by atoms with Crippen LogP contribution in [0.4, 0.5) is 0 Å². The van der Waals surface area contributed by atoms with Crippen molar-refractivity contribution in [1.29, 1.82) is 0 Å². The fraction of sp³-hybridized carbons (Fsp3) is 0.143. The third kappa shape index (κ3) is 2.43. The molecule has 3 nitrogen and oxygen atoms in total. The number of alkyl halides is 1. The molecule has 0 spiro atoms. The fourth-order valence-corrected chi connectivity index (χ4v) is 2.74. The number of hydrogen-bond acceptors (Lipinski definition) is 2. The number of pyridine rings is 1. The maximum atomic E-state index is 6.25. The van der Waals surface area contributed by atoms with Gasteiger partial charge < -0.3 is 0 Å². The number of benzene rings is 1. The van der Waals surface area contributed by atoms with Crippen LogP contribution in [0.2, 0.25) is 5.02 Å². The van der Waals surface area contributed by atoms with Crippen molar-refractivity contribution in [1.82, 2.24) is 14.5 Å². The van der Waals surface area contributed by atoms with Crippen LogP contribution in [0.25, 0.3) is 16.9 Å². The number of halogens is 3. The zero-order valence-corrected chi connectivity index (χ0v) is 13.6. The van der Waals surface area contributed by atoms with Crippen molar-refractivity contribution in [2.45, 2.75) is 12.3 Å². The van der Waals surface area contributed by atoms with Crippen molar-refractivity contribution in [3.63, 3.8) is 0 Å². The zero-order valence-electron chi connectivity index (χ0n) is 10.5. The van der Waals surface area contributed by atoms with Gasteiger partial charge in [-0.2, -0.15) is 0 Å². The number of rotatable bonds is 2. The van der Waals surface area contributed by atoms with Crippen LogP contribution in [0.15, 0.2) is 41.0 Å². The van der Waals surface area contributed by atoms with E-state index < -0.39 is 0 Å². The van der Waals surface area contributed by atoms with Gasteiger partial charge in [-0.05, 0) is 47.1 Å². The molecule has 2 heterocycles. The normalized spacial score (nSPS) is 12.8. The second kappa shape index (κ2) is 5.35. The topological polar surface area (TPSA) is 30.7 Å². The Morgan fingerprint density at radius 2 is 2.10 bits per heavy atom. The Balaban J connectivity index is 2.34. The summed E-state index contributed by atoms with van der Waals surface area (Å²) in [4.78, 5) is 9.02. The first-order valence-corrected chi connectivity index (χ1v) is 7.61. The highest BCUT2D eigenvalue weighted by molar-refractivity contribution is 9.10. The third-order valence-corrected chi connectivity index (χ3v) is 3.78. The van der Waals surface area contributed by atoms with Crippen LogP contribution >= 0.6 is 39.1 Å². The van der Waals surface area contributed by atoms with Crippen molar-refractivity contribution < 1.29 is 0 Å². The molecular formula is C14H10BrCl2N3. The van der Waals surface area contributed by atoms with Crippen molar-refractivity contribution in [2.24, 2.45) is 0 Å². The average molecular weight is 371 g/mol. The molecular weight excluding hydrogens is 361 g/mol. The molecule has 20 heavy (non-hydrogen) atoms. The van der Waals surface area contributed by atoms with Crippen LogP contribution in [0, 0.1) is 0 Å². The van der Waals surface area contributed by atoms with Crippen molar-refractivity contribution in [3.8, 4) is 5.69 Å². The summed E-state index contributed by atoms with van der Waals surface area (Å²) < 4.78 is 2.82. The number of nitrogens with zero attached hydrogens (tertiary/aromatic N) is 3. The Labute approximate surface area is 134 Å². The molecule has 0 amide bonds. The van der Waals surface area contributed by atoms with E-state index in [-0.39, 0.29) is 5.38 Å². The monoisotopic (exact) mass is 369 g/mol. The summed E-state index contributed by atoms with van der Waals surface area (Å²) in [5, 5.41) is 0.427. The molecule has 1 unspecified atom stereocenters. The lowest BCUT2D eigenvalue weighted by Crippen LogP contribution is -2.02. The molecule has 0 fully saturated rings. The Morgan fingerprint density at radius 3 is 2.80 bits per heavy atom. The minimum Gasteiger partial charge on any atom is -0.279 e. The summed E-state index contributed by atoms with van der Waals surface area (Å²) in [6.07, 6.45) is 1.74. The fourth-order valence-electron chi connectivity index (χ4n) is 2.09. The number of hydrogen-bond donors (Lipinski definition) is 0. The largest absolute Gasteiger partial charge is 0.279 e. The Kier molecular flexibility index (Phi) is 3.71. The molecule has 1 aromatic carbocycles. The van der Waals surface area contributed by atoms with Gasteiger partial charge in [0.15, 0.2) is 5.65 Å². The molecule has 0 radical (unpaired) electrons. The van der Waals surface area contributed by atoms with Gasteiger partial charge in [0.1, 0.15) is 11.3 Å². The van der Waals surface area contributed by atoms with Crippen LogP contribution < -0.4 is 0 Å². The highest BCUT2D eigenvalue weighted by atomic mass is 79.9. The summed E-state index contributed by atoms with van der Waals surface area (Å²) >= 11 is 15.7. The lowest BCUT2D eigenvalue weighted by molar-refractivity contribution is 0.877. The van der Waals surface area contributed by atoms with E-state index in [1.807, 2.05) is 41.8 Å². The van der Waals surface area contributed by atoms with Gasteiger partial charge in [0.2, 0.25) is 0 Å². The van der Waals surface area contributed by atoms with Crippen LogP contribution in [-0.2, 0) is 0 Å². The van der Waals surface area contributed by atoms with Gasteiger partial charge in [-0.1, -0.05) is 17.7 Å². The van der Waals surface area contributed by atoms with Gasteiger partial charge in [-0.25, -0.2) is 9.97 Å². The van der Waals surface area contributed by atoms with Gasteiger partial charge in [-0.3, -0.25) is 4.57 Å². The van der Waals surface area contributed by atoms with E-state index in [1.54, 1.807) is 6.20 Å². The van der Waals surface area contributed by atoms with Crippen molar-refractivity contribution in [2.75, 3.05) is 0 Å². The first kappa shape index (κ1) is 13.9. The SMILES string of the molecule is CC(Cl)c1nc2cc(Br)cnc2n1-c1cccc(Cl)c1. The molecule has 3 aromatic rings. The molecule has 102 valence electrons. The van der Waals surface area contributed by atoms with E-state index in [4.69, 9.17) is 23.2 Å². The van der Waals surface area contributed by atoms with Gasteiger partial charge in [0.05, 0.1) is 11.1 Å². The van der Waals surface area contributed by atoms with E-state index in [2.05, 4.69) is 25.9 Å². The van der Waals surface area contributed by atoms with Crippen LogP contribution in [0.1, 0.15) is 18.1 Å². The van der Waals surface area contributed by atoms with Crippen molar-refractivity contribution >= 4 is 50.3 Å². The molecule has 3 rings (SSSR count). The summed E-state index contributed by atoms with van der Waals surface area (Å²) in [6.45, 7) is 1.89. The number of fused-ring (bicyclic) bond motifs is 1. The summed E-state index contributed by atoms with van der Waals surface area (Å²) in [6, 6.07) is 9.48. The lowest BCUT2D eigenvalue weighted by Gasteiger charge is -2.10. The molecule has 6 heteroatoms. The van der Waals surface area contributed by atoms with Gasteiger partial charge in [0, 0.05) is 15.7 Å². The molecule has 0 N–H and O–H groups in total. The minimum atomic E-state index is -0.234. The quantitative estimate of drug-likeness (QED) is 0.585. The van der Waals surface area contributed by atoms with E-state index in [1.165, 1.54) is 0 Å². The van der Waals surface area contributed by atoms with E-state index >= 15 is 0 Å². The standard InChI is InChI=1S/C14H10BrCl2N3/c1-8(16)13-19-12-5-9(15)7-18-14(12)20(13)11-4-2-3-10(17)6-11/h2-8H,1H3. The van der Waals surface area contributed by atoms with E-state index in [0.717, 1.165) is 27.1 Å². The molecule has 2 aromatic heterocycles. The highest BCUT2D eigenvalue weighted by Gasteiger charge is 2.17. The summed E-state index contributed by atoms with van der Waals surface area (Å²) in [5.74, 6) is 0.745. The zero-order chi connectivity index (χ0) is 14.3. The van der Waals surface area contributed by atoms with Crippen LogP contribution in [0.3, 0.4) is 0 Å². The first-order chi connectivity index (χ1) is 9.56. The summed E-state index contributed by atoms with van der Waals surface area (Å²) in [7, 11) is 0. The van der Waals surface area contributed by atoms with Gasteiger partial charge >= 0.3 is 0 Å². The molecule has 0 aliphatic rings. The third-order valence-electron chi connectivity index (χ3n) is 2.91. The Hall–Kier alpha value is -1.10. The molecule has 0 saturated heterocycles. The predicted molar refractivity (Wildman–Crippen MR) is 85.8 cm³/mol. The molecule has 0 aliphatic heterocycles. The molecule has 1 atom stereocenters. The van der Waals surface area contributed by atoms with Crippen LogP contribution in [0.5, 0.6) is 0 Å². The van der Waals surface area contributed by atoms with E-state index in [0.29, 0.717) is 5.02 Å². The maximum Gasteiger partial charge on any atom is 0.164 e. The predicted octanol–water partition coefficient (Wildman–Crippen LogP) is 5.14. The Bertz CT molecular complexity index is 783. The lowest BCUT2D eigenvalue weighted by atomic mass is 10.3. The Morgan fingerprint density at radius 1 is 1.30 bits per heavy atom. The van der Waals surface area contributed by atoms with E-state index in [9.17, 15) is 0 Å².